The predicted molar refractivity (Wildman–Crippen MR) is 106 cm³/mol. The summed E-state index contributed by atoms with van der Waals surface area (Å²) in [5.41, 5.74) is 0. The van der Waals surface area contributed by atoms with E-state index in [9.17, 15) is 9.18 Å². The van der Waals surface area contributed by atoms with Crippen LogP contribution in [0.5, 0.6) is 5.75 Å². The number of halogens is 1. The Hall–Kier alpha value is -2.63. The predicted octanol–water partition coefficient (Wildman–Crippen LogP) is 3.51. The number of nitrogens with zero attached hydrogens (tertiary/aromatic N) is 3. The summed E-state index contributed by atoms with van der Waals surface area (Å²) in [5.74, 6) is 1.14. The van der Waals surface area contributed by atoms with Crippen molar-refractivity contribution in [1.82, 2.24) is 9.88 Å². The van der Waals surface area contributed by atoms with Crippen molar-refractivity contribution in [3.8, 4) is 5.75 Å². The minimum absolute atomic E-state index is 0.0137. The van der Waals surface area contributed by atoms with Crippen molar-refractivity contribution in [1.29, 1.82) is 0 Å². The summed E-state index contributed by atoms with van der Waals surface area (Å²) in [6.07, 6.45) is 5.14. The van der Waals surface area contributed by atoms with E-state index in [0.29, 0.717) is 18.8 Å². The van der Waals surface area contributed by atoms with Crippen LogP contribution in [0.15, 0.2) is 48.7 Å². The second kappa shape index (κ2) is 8.59. The van der Waals surface area contributed by atoms with Crippen molar-refractivity contribution in [2.45, 2.75) is 31.8 Å². The van der Waals surface area contributed by atoms with Crippen molar-refractivity contribution < 1.29 is 13.9 Å². The molecule has 148 valence electrons. The third-order valence-electron chi connectivity index (χ3n) is 5.63. The van der Waals surface area contributed by atoms with Crippen LogP contribution < -0.4 is 9.64 Å². The van der Waals surface area contributed by atoms with Gasteiger partial charge in [0.1, 0.15) is 11.9 Å². The Labute approximate surface area is 165 Å². The maximum Gasteiger partial charge on any atom is 0.227 e. The fourth-order valence-electron chi connectivity index (χ4n) is 4.10. The highest BCUT2D eigenvalue weighted by molar-refractivity contribution is 5.79. The first-order chi connectivity index (χ1) is 13.7. The number of aromatic nitrogens is 1. The first kappa shape index (κ1) is 18.7. The molecule has 6 heteroatoms. The van der Waals surface area contributed by atoms with Gasteiger partial charge in [-0.3, -0.25) is 4.79 Å². The van der Waals surface area contributed by atoms with Gasteiger partial charge in [0.05, 0.1) is 5.92 Å². The van der Waals surface area contributed by atoms with Gasteiger partial charge in [-0.25, -0.2) is 9.37 Å². The molecule has 28 heavy (non-hydrogen) atoms. The Balaban J connectivity index is 1.30. The Morgan fingerprint density at radius 3 is 2.57 bits per heavy atom. The van der Waals surface area contributed by atoms with Crippen LogP contribution in [-0.4, -0.2) is 48.1 Å². The number of ether oxygens (including phenoxy) is 1. The van der Waals surface area contributed by atoms with Gasteiger partial charge in [0.15, 0.2) is 11.6 Å². The third kappa shape index (κ3) is 4.26. The average Bonchev–Trinajstić information content (AvgIpc) is 2.76. The lowest BCUT2D eigenvalue weighted by molar-refractivity contribution is -0.137. The Kier molecular flexibility index (Phi) is 5.74. The maximum absolute atomic E-state index is 13.8. The van der Waals surface area contributed by atoms with Crippen molar-refractivity contribution in [2.75, 3.05) is 31.1 Å². The molecular formula is C22H26FN3O2. The number of carbonyl (C=O) groups excluding carboxylic acids is 1. The zero-order valence-corrected chi connectivity index (χ0v) is 16.0. The molecule has 1 amide bonds. The molecule has 1 unspecified atom stereocenters. The number of anilines is 1. The monoisotopic (exact) mass is 383 g/mol. The molecule has 0 spiro atoms. The van der Waals surface area contributed by atoms with Gasteiger partial charge in [-0.05, 0) is 37.1 Å². The van der Waals surface area contributed by atoms with Crippen molar-refractivity contribution in [3.05, 3.63) is 54.5 Å². The molecule has 4 rings (SSSR count). The number of piperidine rings is 2. The van der Waals surface area contributed by atoms with Gasteiger partial charge < -0.3 is 14.5 Å². The molecule has 2 aliphatic heterocycles. The molecule has 5 nitrogen and oxygen atoms in total. The fourth-order valence-corrected chi connectivity index (χ4v) is 4.10. The van der Waals surface area contributed by atoms with E-state index in [4.69, 9.17) is 4.74 Å². The van der Waals surface area contributed by atoms with E-state index in [1.807, 2.05) is 23.1 Å². The summed E-state index contributed by atoms with van der Waals surface area (Å²) in [7, 11) is 0. The minimum atomic E-state index is -0.335. The Morgan fingerprint density at radius 1 is 1.04 bits per heavy atom. The van der Waals surface area contributed by atoms with E-state index in [-0.39, 0.29) is 23.7 Å². The van der Waals surface area contributed by atoms with E-state index < -0.39 is 0 Å². The second-order valence-corrected chi connectivity index (χ2v) is 7.55. The highest BCUT2D eigenvalue weighted by atomic mass is 19.1. The largest absolute Gasteiger partial charge is 0.487 e. The standard InChI is InChI=1S/C22H26FN3O2/c23-19-7-1-2-8-20(19)28-18-10-14-25(15-11-18)22(27)17-6-5-13-26(16-17)21-9-3-4-12-24-21/h1-4,7-9,12,17-18H,5-6,10-11,13-16H2. The van der Waals surface area contributed by atoms with E-state index in [1.165, 1.54) is 6.07 Å². The topological polar surface area (TPSA) is 45.7 Å². The summed E-state index contributed by atoms with van der Waals surface area (Å²) >= 11 is 0. The summed E-state index contributed by atoms with van der Waals surface area (Å²) in [6, 6.07) is 12.4. The first-order valence-electron chi connectivity index (χ1n) is 10.1. The lowest BCUT2D eigenvalue weighted by Crippen LogP contribution is -2.48. The number of hydrogen-bond acceptors (Lipinski definition) is 4. The highest BCUT2D eigenvalue weighted by Gasteiger charge is 2.32. The van der Waals surface area contributed by atoms with Crippen LogP contribution in [0.4, 0.5) is 10.2 Å². The lowest BCUT2D eigenvalue weighted by atomic mass is 9.95. The van der Waals surface area contributed by atoms with Gasteiger partial charge in [-0.15, -0.1) is 0 Å². The molecule has 0 radical (unpaired) electrons. The quantitative estimate of drug-likeness (QED) is 0.811. The Morgan fingerprint density at radius 2 is 1.82 bits per heavy atom. The van der Waals surface area contributed by atoms with Crippen molar-refractivity contribution in [2.24, 2.45) is 5.92 Å². The van der Waals surface area contributed by atoms with Crippen LogP contribution in [0.2, 0.25) is 0 Å². The number of amides is 1. The molecule has 1 aromatic heterocycles. The van der Waals surface area contributed by atoms with E-state index in [1.54, 1.807) is 24.4 Å². The molecule has 1 atom stereocenters. The molecule has 0 saturated carbocycles. The van der Waals surface area contributed by atoms with Crippen LogP contribution in [0.25, 0.3) is 0 Å². The number of carbonyl (C=O) groups is 1. The van der Waals surface area contributed by atoms with Gasteiger partial charge in [0, 0.05) is 45.2 Å². The first-order valence-corrected chi connectivity index (χ1v) is 10.1. The minimum Gasteiger partial charge on any atom is -0.487 e. The summed E-state index contributed by atoms with van der Waals surface area (Å²) in [6.45, 7) is 3.00. The molecule has 0 aliphatic carbocycles. The molecular weight excluding hydrogens is 357 g/mol. The Bertz CT molecular complexity index is 793. The SMILES string of the molecule is O=C(C1CCCN(c2ccccn2)C1)N1CCC(Oc2ccccc2F)CC1. The van der Waals surface area contributed by atoms with Crippen LogP contribution in [0.1, 0.15) is 25.7 Å². The van der Waals surface area contributed by atoms with Gasteiger partial charge in [0.25, 0.3) is 0 Å². The molecule has 0 bridgehead atoms. The normalized spacial score (nSPS) is 20.8. The van der Waals surface area contributed by atoms with E-state index in [0.717, 1.165) is 44.6 Å². The van der Waals surface area contributed by atoms with Gasteiger partial charge >= 0.3 is 0 Å². The number of likely N-dealkylation sites (tertiary alicyclic amines) is 1. The number of pyridine rings is 1. The molecule has 0 N–H and O–H groups in total. The smallest absolute Gasteiger partial charge is 0.227 e. The second-order valence-electron chi connectivity index (χ2n) is 7.55. The van der Waals surface area contributed by atoms with Gasteiger partial charge in [-0.1, -0.05) is 18.2 Å². The van der Waals surface area contributed by atoms with Crippen LogP contribution in [0, 0.1) is 11.7 Å². The van der Waals surface area contributed by atoms with Crippen LogP contribution in [0.3, 0.4) is 0 Å². The summed E-state index contributed by atoms with van der Waals surface area (Å²) in [4.78, 5) is 21.6. The van der Waals surface area contributed by atoms with Gasteiger partial charge in [-0.2, -0.15) is 0 Å². The van der Waals surface area contributed by atoms with Crippen molar-refractivity contribution >= 4 is 11.7 Å². The number of para-hydroxylation sites is 1. The van der Waals surface area contributed by atoms with Crippen LogP contribution >= 0.6 is 0 Å². The van der Waals surface area contributed by atoms with Gasteiger partial charge in [0.2, 0.25) is 5.91 Å². The highest BCUT2D eigenvalue weighted by Crippen LogP contribution is 2.26. The van der Waals surface area contributed by atoms with Crippen LogP contribution in [-0.2, 0) is 4.79 Å². The molecule has 1 aromatic carbocycles. The molecule has 3 heterocycles. The zero-order chi connectivity index (χ0) is 19.3. The summed E-state index contributed by atoms with van der Waals surface area (Å²) < 4.78 is 19.6. The number of hydrogen-bond donors (Lipinski definition) is 0. The number of benzene rings is 1. The lowest BCUT2D eigenvalue weighted by Gasteiger charge is -2.38. The molecule has 2 aliphatic rings. The zero-order valence-electron chi connectivity index (χ0n) is 16.0. The summed E-state index contributed by atoms with van der Waals surface area (Å²) in [5, 5.41) is 0. The molecule has 2 fully saturated rings. The van der Waals surface area contributed by atoms with E-state index in [2.05, 4.69) is 9.88 Å². The fraction of sp³-hybridized carbons (Fsp3) is 0.455. The maximum atomic E-state index is 13.8. The number of rotatable bonds is 4. The third-order valence-corrected chi connectivity index (χ3v) is 5.63. The molecule has 2 saturated heterocycles. The van der Waals surface area contributed by atoms with Crippen molar-refractivity contribution in [3.63, 3.8) is 0 Å². The average molecular weight is 383 g/mol. The molecule has 2 aromatic rings. The van der Waals surface area contributed by atoms with E-state index >= 15 is 0 Å².